The van der Waals surface area contributed by atoms with Crippen molar-refractivity contribution >= 4 is 57.9 Å². The van der Waals surface area contributed by atoms with Crippen LogP contribution in [0.4, 0.5) is 0 Å². The summed E-state index contributed by atoms with van der Waals surface area (Å²) in [6, 6.07) is 22.1. The number of hydrogen-bond acceptors (Lipinski definition) is 5. The van der Waals surface area contributed by atoms with Crippen LogP contribution in [-0.2, 0) is 16.2 Å². The van der Waals surface area contributed by atoms with Gasteiger partial charge in [0.05, 0.1) is 4.91 Å². The molecule has 1 amide bonds. The molecule has 8 heteroatoms. The van der Waals surface area contributed by atoms with Crippen LogP contribution in [0.15, 0.2) is 83.8 Å². The third-order valence-corrected chi connectivity index (χ3v) is 6.49. The monoisotopic (exact) mass is 495 g/mol. The van der Waals surface area contributed by atoms with Gasteiger partial charge in [-0.05, 0) is 47.0 Å². The average Bonchev–Trinajstić information content (AvgIpc) is 3.07. The van der Waals surface area contributed by atoms with E-state index < -0.39 is 17.9 Å². The van der Waals surface area contributed by atoms with E-state index >= 15 is 0 Å². The lowest BCUT2D eigenvalue weighted by molar-refractivity contribution is -0.145. The van der Waals surface area contributed by atoms with Crippen molar-refractivity contribution in [2.24, 2.45) is 0 Å². The maximum Gasteiger partial charge on any atom is 0.331 e. The minimum atomic E-state index is -1.18. The highest BCUT2D eigenvalue weighted by Gasteiger charge is 2.41. The zero-order chi connectivity index (χ0) is 23.4. The fourth-order valence-corrected chi connectivity index (χ4v) is 4.77. The van der Waals surface area contributed by atoms with Crippen molar-refractivity contribution in [2.45, 2.75) is 12.6 Å². The van der Waals surface area contributed by atoms with Gasteiger partial charge in [-0.1, -0.05) is 90.2 Å². The van der Waals surface area contributed by atoms with Crippen LogP contribution in [0.3, 0.4) is 0 Å². The Labute approximate surface area is 205 Å². The van der Waals surface area contributed by atoms with Gasteiger partial charge in [0.2, 0.25) is 0 Å². The van der Waals surface area contributed by atoms with Crippen molar-refractivity contribution in [1.29, 1.82) is 0 Å². The van der Waals surface area contributed by atoms with Gasteiger partial charge in [0.1, 0.15) is 16.7 Å². The zero-order valence-electron chi connectivity index (χ0n) is 17.2. The molecule has 1 N–H and O–H groups in total. The van der Waals surface area contributed by atoms with Gasteiger partial charge >= 0.3 is 5.97 Å². The van der Waals surface area contributed by atoms with Crippen LogP contribution >= 0.6 is 35.6 Å². The number of ether oxygens (including phenoxy) is 1. The largest absolute Gasteiger partial charge is 0.489 e. The number of carbonyl (C=O) groups is 2. The van der Waals surface area contributed by atoms with E-state index in [9.17, 15) is 14.7 Å². The number of nitrogens with zero attached hydrogens (tertiary/aromatic N) is 1. The van der Waals surface area contributed by atoms with Gasteiger partial charge in [0, 0.05) is 5.02 Å². The molecule has 1 aliphatic heterocycles. The average molecular weight is 496 g/mol. The second kappa shape index (κ2) is 10.2. The van der Waals surface area contributed by atoms with Crippen molar-refractivity contribution in [2.75, 3.05) is 0 Å². The molecule has 0 radical (unpaired) electrons. The summed E-state index contributed by atoms with van der Waals surface area (Å²) in [5.41, 5.74) is 2.21. The molecule has 0 saturated carbocycles. The Hall–Kier alpha value is -3.13. The molecule has 3 aromatic rings. The van der Waals surface area contributed by atoms with E-state index in [0.29, 0.717) is 27.8 Å². The summed E-state index contributed by atoms with van der Waals surface area (Å²) < 4.78 is 6.06. The number of thiocarbonyl (C=S) groups is 1. The molecule has 166 valence electrons. The Bertz CT molecular complexity index is 1230. The van der Waals surface area contributed by atoms with Gasteiger partial charge < -0.3 is 9.84 Å². The molecule has 5 nitrogen and oxygen atoms in total. The molecule has 1 heterocycles. The fourth-order valence-electron chi connectivity index (χ4n) is 3.33. The highest BCUT2D eigenvalue weighted by atomic mass is 35.5. The minimum absolute atomic E-state index is 0.206. The summed E-state index contributed by atoms with van der Waals surface area (Å²) in [6.45, 7) is 0.375. The maximum atomic E-state index is 13.1. The van der Waals surface area contributed by atoms with Gasteiger partial charge in [-0.2, -0.15) is 0 Å². The first-order chi connectivity index (χ1) is 15.9. The molecule has 0 aliphatic carbocycles. The first-order valence-corrected chi connectivity index (χ1v) is 11.5. The molecule has 4 rings (SSSR count). The smallest absolute Gasteiger partial charge is 0.331 e. The normalized spacial score (nSPS) is 15.7. The number of hydrogen-bond donors (Lipinski definition) is 1. The third-order valence-electron chi connectivity index (χ3n) is 4.91. The second-order valence-electron chi connectivity index (χ2n) is 7.19. The van der Waals surface area contributed by atoms with Crippen LogP contribution < -0.4 is 4.74 Å². The number of carboxylic acid groups (broad SMARTS) is 1. The van der Waals surface area contributed by atoms with E-state index in [0.717, 1.165) is 27.8 Å². The Morgan fingerprint density at radius 2 is 1.82 bits per heavy atom. The molecule has 0 aromatic heterocycles. The standard InChI is InChI=1S/C25H18ClNO4S2/c26-19-11-9-16(10-12-19)15-31-20-8-4-5-17(13-20)14-21-23(28)27(25(32)33-21)22(24(29)30)18-6-2-1-3-7-18/h1-14,22H,15H2,(H,29,30). The summed E-state index contributed by atoms with van der Waals surface area (Å²) in [5.74, 6) is -0.938. The minimum Gasteiger partial charge on any atom is -0.489 e. The highest BCUT2D eigenvalue weighted by Crippen LogP contribution is 2.38. The molecule has 33 heavy (non-hydrogen) atoms. The number of benzene rings is 3. The van der Waals surface area contributed by atoms with E-state index in [1.807, 2.05) is 36.4 Å². The number of halogens is 1. The third kappa shape index (κ3) is 5.45. The number of amides is 1. The number of carboxylic acids is 1. The second-order valence-corrected chi connectivity index (χ2v) is 9.30. The summed E-state index contributed by atoms with van der Waals surface area (Å²) in [5, 5.41) is 10.5. The van der Waals surface area contributed by atoms with Gasteiger partial charge in [-0.3, -0.25) is 9.69 Å². The maximum absolute atomic E-state index is 13.1. The SMILES string of the molecule is O=C(O)C(c1ccccc1)N1C(=O)C(=Cc2cccc(OCc3ccc(Cl)cc3)c2)SC1=S. The van der Waals surface area contributed by atoms with Crippen LogP contribution in [0.1, 0.15) is 22.7 Å². The van der Waals surface area contributed by atoms with Gasteiger partial charge in [0.25, 0.3) is 5.91 Å². The fraction of sp³-hybridized carbons (Fsp3) is 0.0800. The van der Waals surface area contributed by atoms with Crippen LogP contribution in [0, 0.1) is 0 Å². The van der Waals surface area contributed by atoms with Crippen molar-refractivity contribution in [3.8, 4) is 5.75 Å². The molecular weight excluding hydrogens is 478 g/mol. The van der Waals surface area contributed by atoms with Crippen LogP contribution in [-0.4, -0.2) is 26.2 Å². The summed E-state index contributed by atoms with van der Waals surface area (Å²) in [4.78, 5) is 26.6. The van der Waals surface area contributed by atoms with Gasteiger partial charge in [-0.15, -0.1) is 0 Å². The van der Waals surface area contributed by atoms with Crippen LogP contribution in [0.25, 0.3) is 6.08 Å². The number of rotatable bonds is 7. The number of carbonyl (C=O) groups excluding carboxylic acids is 1. The van der Waals surface area contributed by atoms with E-state index in [2.05, 4.69) is 0 Å². The quantitative estimate of drug-likeness (QED) is 0.323. The van der Waals surface area contributed by atoms with Crippen molar-refractivity contribution < 1.29 is 19.4 Å². The lowest BCUT2D eigenvalue weighted by atomic mass is 10.1. The summed E-state index contributed by atoms with van der Waals surface area (Å²) in [7, 11) is 0. The van der Waals surface area contributed by atoms with Crippen molar-refractivity contribution in [3.63, 3.8) is 0 Å². The van der Waals surface area contributed by atoms with E-state index in [1.165, 1.54) is 0 Å². The first-order valence-electron chi connectivity index (χ1n) is 9.94. The first kappa shape index (κ1) is 23.0. The Morgan fingerprint density at radius 1 is 1.09 bits per heavy atom. The predicted octanol–water partition coefficient (Wildman–Crippen LogP) is 5.95. The topological polar surface area (TPSA) is 66.8 Å². The molecule has 0 spiro atoms. The predicted molar refractivity (Wildman–Crippen MR) is 134 cm³/mol. The molecule has 1 unspecified atom stereocenters. The molecule has 1 aliphatic rings. The zero-order valence-corrected chi connectivity index (χ0v) is 19.6. The summed E-state index contributed by atoms with van der Waals surface area (Å²) in [6.07, 6.45) is 1.69. The van der Waals surface area contributed by atoms with Crippen LogP contribution in [0.5, 0.6) is 5.75 Å². The Kier molecular flexibility index (Phi) is 7.13. The molecule has 3 aromatic carbocycles. The molecule has 0 bridgehead atoms. The molecular formula is C25H18ClNO4S2. The van der Waals surface area contributed by atoms with Gasteiger partial charge in [0.15, 0.2) is 6.04 Å². The highest BCUT2D eigenvalue weighted by molar-refractivity contribution is 8.26. The Morgan fingerprint density at radius 3 is 2.52 bits per heavy atom. The number of thioether (sulfide) groups is 1. The lowest BCUT2D eigenvalue weighted by Crippen LogP contribution is -2.37. The number of aliphatic carboxylic acids is 1. The van der Waals surface area contributed by atoms with E-state index in [-0.39, 0.29) is 4.32 Å². The summed E-state index contributed by atoms with van der Waals surface area (Å²) >= 11 is 12.4. The van der Waals surface area contributed by atoms with E-state index in [4.69, 9.17) is 28.6 Å². The van der Waals surface area contributed by atoms with Crippen molar-refractivity contribution in [1.82, 2.24) is 4.90 Å². The van der Waals surface area contributed by atoms with Crippen molar-refractivity contribution in [3.05, 3.63) is 105 Å². The van der Waals surface area contributed by atoms with E-state index in [1.54, 1.807) is 48.5 Å². The van der Waals surface area contributed by atoms with Crippen LogP contribution in [0.2, 0.25) is 5.02 Å². The van der Waals surface area contributed by atoms with Gasteiger partial charge in [-0.25, -0.2) is 4.79 Å². The molecule has 1 atom stereocenters. The molecule has 1 saturated heterocycles. The lowest BCUT2D eigenvalue weighted by Gasteiger charge is -2.23. The molecule has 1 fully saturated rings. The Balaban J connectivity index is 1.53.